The topological polar surface area (TPSA) is 101 Å². The number of furan rings is 1. The lowest BCUT2D eigenvalue weighted by molar-refractivity contribution is 0.0977. The number of carbonyl (C=O) groups excluding carboxylic acids is 2. The minimum Gasteiger partial charge on any atom is -0.430 e. The number of aromatic nitrogens is 1. The highest BCUT2D eigenvalue weighted by Gasteiger charge is 2.24. The van der Waals surface area contributed by atoms with E-state index in [0.29, 0.717) is 29.9 Å². The number of rotatable bonds is 2. The van der Waals surface area contributed by atoms with Gasteiger partial charge in [-0.25, -0.2) is 9.78 Å². The second-order valence-corrected chi connectivity index (χ2v) is 5.45. The molecular formula is C15H18N4O3. The number of nitrogens with two attached hydrogens (primary N) is 1. The first-order chi connectivity index (χ1) is 10.6. The molecule has 0 spiro atoms. The van der Waals surface area contributed by atoms with Crippen molar-refractivity contribution in [1.82, 2.24) is 9.88 Å². The van der Waals surface area contributed by atoms with Gasteiger partial charge in [0.05, 0.1) is 5.39 Å². The lowest BCUT2D eigenvalue weighted by atomic mass is 10.1. The Kier molecular flexibility index (Phi) is 3.70. The van der Waals surface area contributed by atoms with Crippen LogP contribution in [0.5, 0.6) is 0 Å². The van der Waals surface area contributed by atoms with Crippen LogP contribution in [-0.2, 0) is 0 Å². The number of anilines is 1. The van der Waals surface area contributed by atoms with Crippen LogP contribution in [-0.4, -0.2) is 34.9 Å². The van der Waals surface area contributed by atoms with Gasteiger partial charge in [0, 0.05) is 18.8 Å². The van der Waals surface area contributed by atoms with Gasteiger partial charge in [0.15, 0.2) is 0 Å². The van der Waals surface area contributed by atoms with Gasteiger partial charge in [-0.2, -0.15) is 0 Å². The van der Waals surface area contributed by atoms with Crippen LogP contribution < -0.4 is 11.1 Å². The summed E-state index contributed by atoms with van der Waals surface area (Å²) in [5, 5.41) is 3.33. The number of aryl methyl sites for hydroxylation is 1. The molecule has 3 rings (SSSR count). The van der Waals surface area contributed by atoms with Crippen molar-refractivity contribution in [2.75, 3.05) is 18.4 Å². The number of pyridine rings is 1. The Balaban J connectivity index is 1.95. The summed E-state index contributed by atoms with van der Waals surface area (Å²) in [6, 6.07) is 3.31. The average Bonchev–Trinajstić information content (AvgIpc) is 2.86. The first-order valence-electron chi connectivity index (χ1n) is 7.32. The van der Waals surface area contributed by atoms with Crippen molar-refractivity contribution in [3.63, 3.8) is 0 Å². The van der Waals surface area contributed by atoms with E-state index in [0.717, 1.165) is 25.0 Å². The zero-order valence-electron chi connectivity index (χ0n) is 12.4. The quantitative estimate of drug-likeness (QED) is 0.888. The zero-order valence-corrected chi connectivity index (χ0v) is 12.4. The molecule has 0 saturated carbocycles. The van der Waals surface area contributed by atoms with Gasteiger partial charge in [-0.15, -0.1) is 0 Å². The number of carbonyl (C=O) groups is 2. The van der Waals surface area contributed by atoms with E-state index in [-0.39, 0.29) is 11.8 Å². The lowest BCUT2D eigenvalue weighted by Gasteiger charge is -2.26. The van der Waals surface area contributed by atoms with Gasteiger partial charge in [-0.05, 0) is 38.3 Å². The van der Waals surface area contributed by atoms with Crippen LogP contribution in [0.2, 0.25) is 0 Å². The molecule has 1 fully saturated rings. The van der Waals surface area contributed by atoms with Gasteiger partial charge in [0.25, 0.3) is 5.91 Å². The molecule has 0 atom stereocenters. The van der Waals surface area contributed by atoms with Crippen molar-refractivity contribution in [3.8, 4) is 0 Å². The fourth-order valence-electron chi connectivity index (χ4n) is 2.65. The fraction of sp³-hybridized carbons (Fsp3) is 0.400. The summed E-state index contributed by atoms with van der Waals surface area (Å²) < 4.78 is 5.41. The number of likely N-dealkylation sites (tertiary alicyclic amines) is 1. The molecule has 0 radical (unpaired) electrons. The molecule has 3 N–H and O–H groups in total. The molecule has 0 aromatic carbocycles. The summed E-state index contributed by atoms with van der Waals surface area (Å²) in [4.78, 5) is 29.9. The van der Waals surface area contributed by atoms with Crippen molar-refractivity contribution in [2.45, 2.75) is 26.2 Å². The molecule has 0 bridgehead atoms. The first kappa shape index (κ1) is 14.4. The van der Waals surface area contributed by atoms with Crippen LogP contribution >= 0.6 is 0 Å². The second kappa shape index (κ2) is 5.67. The number of fused-ring (bicyclic) bond motifs is 1. The molecule has 0 unspecified atom stereocenters. The fourth-order valence-corrected chi connectivity index (χ4v) is 2.65. The van der Waals surface area contributed by atoms with Crippen LogP contribution in [0, 0.1) is 6.92 Å². The second-order valence-electron chi connectivity index (χ2n) is 5.45. The summed E-state index contributed by atoms with van der Waals surface area (Å²) in [6.07, 6.45) is 3.11. The summed E-state index contributed by atoms with van der Waals surface area (Å²) in [5.74, 6) is -0.803. The predicted octanol–water partition coefficient (Wildman–Crippen LogP) is 2.25. The van der Waals surface area contributed by atoms with Crippen molar-refractivity contribution < 1.29 is 14.0 Å². The summed E-state index contributed by atoms with van der Waals surface area (Å²) in [5.41, 5.74) is 6.69. The van der Waals surface area contributed by atoms with Gasteiger partial charge < -0.3 is 20.4 Å². The van der Waals surface area contributed by atoms with E-state index in [1.54, 1.807) is 17.0 Å². The number of primary amides is 1. The average molecular weight is 302 g/mol. The van der Waals surface area contributed by atoms with Crippen LogP contribution in [0.1, 0.15) is 35.5 Å². The maximum atomic E-state index is 12.4. The summed E-state index contributed by atoms with van der Waals surface area (Å²) in [6.45, 7) is 3.24. The smallest absolute Gasteiger partial charge is 0.321 e. The van der Waals surface area contributed by atoms with Crippen LogP contribution in [0.15, 0.2) is 16.5 Å². The molecule has 2 aromatic rings. The summed E-state index contributed by atoms with van der Waals surface area (Å²) in [7, 11) is 0. The minimum absolute atomic E-state index is 0.0709. The van der Waals surface area contributed by atoms with Crippen LogP contribution in [0.25, 0.3) is 11.1 Å². The maximum absolute atomic E-state index is 12.4. The Bertz CT molecular complexity index is 732. The van der Waals surface area contributed by atoms with Crippen molar-refractivity contribution >= 4 is 28.7 Å². The molecule has 7 nitrogen and oxygen atoms in total. The number of amides is 3. The Morgan fingerprint density at radius 3 is 2.68 bits per heavy atom. The molecular weight excluding hydrogens is 284 g/mol. The molecule has 3 amide bonds. The molecule has 2 aromatic heterocycles. The van der Waals surface area contributed by atoms with E-state index in [9.17, 15) is 9.59 Å². The highest BCUT2D eigenvalue weighted by atomic mass is 16.4. The monoisotopic (exact) mass is 302 g/mol. The lowest BCUT2D eigenvalue weighted by Crippen LogP contribution is -2.39. The number of hydrogen-bond acceptors (Lipinski definition) is 4. The first-order valence-corrected chi connectivity index (χ1v) is 7.32. The van der Waals surface area contributed by atoms with Crippen molar-refractivity contribution in [1.29, 1.82) is 0 Å². The Labute approximate surface area is 127 Å². The molecule has 3 heterocycles. The van der Waals surface area contributed by atoms with Crippen LogP contribution in [0.3, 0.4) is 0 Å². The van der Waals surface area contributed by atoms with E-state index >= 15 is 0 Å². The van der Waals surface area contributed by atoms with Crippen LogP contribution in [0.4, 0.5) is 10.5 Å². The Morgan fingerprint density at radius 1 is 1.27 bits per heavy atom. The highest BCUT2D eigenvalue weighted by molar-refractivity contribution is 6.09. The SMILES string of the molecule is Cc1ccc2c(NC(=O)N3CCCCC3)c(C(N)=O)oc2n1. The molecule has 116 valence electrons. The molecule has 1 aliphatic heterocycles. The van der Waals surface area contributed by atoms with Crippen molar-refractivity contribution in [3.05, 3.63) is 23.6 Å². The zero-order chi connectivity index (χ0) is 15.7. The minimum atomic E-state index is -0.732. The number of nitrogens with zero attached hydrogens (tertiary/aromatic N) is 2. The molecule has 7 heteroatoms. The van der Waals surface area contributed by atoms with E-state index < -0.39 is 5.91 Å². The standard InChI is InChI=1S/C15H18N4O3/c1-9-5-6-10-11(12(13(16)20)22-14(10)17-9)18-15(21)19-7-3-2-4-8-19/h5-6H,2-4,7-8H2,1H3,(H2,16,20)(H,18,21). The third kappa shape index (κ3) is 2.61. The third-order valence-corrected chi connectivity index (χ3v) is 3.79. The molecule has 0 aliphatic carbocycles. The van der Waals surface area contributed by atoms with E-state index in [1.165, 1.54) is 0 Å². The largest absolute Gasteiger partial charge is 0.430 e. The third-order valence-electron chi connectivity index (χ3n) is 3.79. The van der Waals surface area contributed by atoms with E-state index in [1.807, 2.05) is 6.92 Å². The van der Waals surface area contributed by atoms with Gasteiger partial charge >= 0.3 is 6.03 Å². The maximum Gasteiger partial charge on any atom is 0.321 e. The normalized spacial score (nSPS) is 15.0. The number of urea groups is 1. The number of nitrogens with one attached hydrogen (secondary N) is 1. The van der Waals surface area contributed by atoms with E-state index in [4.69, 9.17) is 10.2 Å². The van der Waals surface area contributed by atoms with Gasteiger partial charge in [0.2, 0.25) is 11.5 Å². The van der Waals surface area contributed by atoms with Gasteiger partial charge in [-0.3, -0.25) is 4.79 Å². The van der Waals surface area contributed by atoms with Gasteiger partial charge in [-0.1, -0.05) is 0 Å². The van der Waals surface area contributed by atoms with Crippen molar-refractivity contribution in [2.24, 2.45) is 5.73 Å². The molecule has 1 saturated heterocycles. The Hall–Kier alpha value is -2.57. The number of hydrogen-bond donors (Lipinski definition) is 2. The highest BCUT2D eigenvalue weighted by Crippen LogP contribution is 2.30. The predicted molar refractivity (Wildman–Crippen MR) is 81.7 cm³/mol. The summed E-state index contributed by atoms with van der Waals surface area (Å²) >= 11 is 0. The van der Waals surface area contributed by atoms with Gasteiger partial charge in [0.1, 0.15) is 5.69 Å². The molecule has 22 heavy (non-hydrogen) atoms. The Morgan fingerprint density at radius 2 is 2.00 bits per heavy atom. The molecule has 1 aliphatic rings. The van der Waals surface area contributed by atoms with E-state index in [2.05, 4.69) is 10.3 Å². The number of piperidine rings is 1.